The standard InChI is InChI=1S/C12H14N4OS/c1-16(6-8-4-5-18-7-8)12-9(13)2-3-10(15-12)11(14)17/h2-5,7H,6,13H2,1H3,(H2,14,17). The first-order valence-electron chi connectivity index (χ1n) is 5.36. The zero-order valence-corrected chi connectivity index (χ0v) is 10.8. The van der Waals surface area contributed by atoms with E-state index in [-0.39, 0.29) is 5.69 Å². The molecule has 2 rings (SSSR count). The predicted octanol–water partition coefficient (Wildman–Crippen LogP) is 1.46. The van der Waals surface area contributed by atoms with Gasteiger partial charge in [0.2, 0.25) is 0 Å². The summed E-state index contributed by atoms with van der Waals surface area (Å²) in [5, 5.41) is 4.07. The number of hydrogen-bond donors (Lipinski definition) is 2. The molecule has 18 heavy (non-hydrogen) atoms. The van der Waals surface area contributed by atoms with Gasteiger partial charge in [-0.2, -0.15) is 11.3 Å². The first kappa shape index (κ1) is 12.4. The highest BCUT2D eigenvalue weighted by atomic mass is 32.1. The molecule has 5 nitrogen and oxygen atoms in total. The van der Waals surface area contributed by atoms with E-state index >= 15 is 0 Å². The Morgan fingerprint density at radius 2 is 2.22 bits per heavy atom. The smallest absolute Gasteiger partial charge is 0.267 e. The highest BCUT2D eigenvalue weighted by Gasteiger charge is 2.11. The molecule has 0 aliphatic carbocycles. The van der Waals surface area contributed by atoms with Crippen molar-refractivity contribution in [1.29, 1.82) is 0 Å². The van der Waals surface area contributed by atoms with Gasteiger partial charge < -0.3 is 16.4 Å². The van der Waals surface area contributed by atoms with Gasteiger partial charge in [0.15, 0.2) is 5.82 Å². The van der Waals surface area contributed by atoms with Gasteiger partial charge in [0.25, 0.3) is 5.91 Å². The van der Waals surface area contributed by atoms with Crippen LogP contribution in [-0.2, 0) is 6.54 Å². The molecule has 0 radical (unpaired) electrons. The van der Waals surface area contributed by atoms with Gasteiger partial charge in [0.1, 0.15) is 5.69 Å². The number of anilines is 2. The van der Waals surface area contributed by atoms with Crippen LogP contribution in [0.3, 0.4) is 0 Å². The molecule has 2 aromatic heterocycles. The summed E-state index contributed by atoms with van der Waals surface area (Å²) in [5.41, 5.74) is 13.0. The van der Waals surface area contributed by atoms with Crippen molar-refractivity contribution in [2.24, 2.45) is 5.73 Å². The molecule has 4 N–H and O–H groups in total. The molecule has 0 saturated heterocycles. The molecule has 6 heteroatoms. The van der Waals surface area contributed by atoms with Gasteiger partial charge >= 0.3 is 0 Å². The number of rotatable bonds is 4. The van der Waals surface area contributed by atoms with Crippen LogP contribution in [0.4, 0.5) is 11.5 Å². The second-order valence-corrected chi connectivity index (χ2v) is 4.74. The molecule has 0 atom stereocenters. The highest BCUT2D eigenvalue weighted by Crippen LogP contribution is 2.21. The average Bonchev–Trinajstić information content (AvgIpc) is 2.81. The van der Waals surface area contributed by atoms with Gasteiger partial charge in [-0.3, -0.25) is 4.79 Å². The van der Waals surface area contributed by atoms with Gasteiger partial charge in [-0.25, -0.2) is 4.98 Å². The zero-order valence-electron chi connectivity index (χ0n) is 9.96. The predicted molar refractivity (Wildman–Crippen MR) is 73.6 cm³/mol. The largest absolute Gasteiger partial charge is 0.396 e. The van der Waals surface area contributed by atoms with E-state index in [9.17, 15) is 4.79 Å². The van der Waals surface area contributed by atoms with Crippen LogP contribution < -0.4 is 16.4 Å². The lowest BCUT2D eigenvalue weighted by Crippen LogP contribution is -2.21. The Morgan fingerprint density at radius 3 is 2.83 bits per heavy atom. The molecule has 0 aliphatic rings. The van der Waals surface area contributed by atoms with Crippen molar-refractivity contribution in [3.8, 4) is 0 Å². The fraction of sp³-hybridized carbons (Fsp3) is 0.167. The Bertz CT molecular complexity index is 553. The number of nitrogens with zero attached hydrogens (tertiary/aromatic N) is 2. The van der Waals surface area contributed by atoms with Crippen LogP contribution in [0, 0.1) is 0 Å². The fourth-order valence-corrected chi connectivity index (χ4v) is 2.29. The third-order valence-electron chi connectivity index (χ3n) is 2.52. The molecular weight excluding hydrogens is 248 g/mol. The van der Waals surface area contributed by atoms with Crippen LogP contribution in [0.1, 0.15) is 16.1 Å². The summed E-state index contributed by atoms with van der Waals surface area (Å²) in [4.78, 5) is 17.2. The Kier molecular flexibility index (Phi) is 3.47. The molecule has 94 valence electrons. The molecule has 0 unspecified atom stereocenters. The van der Waals surface area contributed by atoms with E-state index in [0.717, 1.165) is 0 Å². The van der Waals surface area contributed by atoms with Crippen molar-refractivity contribution in [2.75, 3.05) is 17.7 Å². The van der Waals surface area contributed by atoms with E-state index in [2.05, 4.69) is 10.4 Å². The summed E-state index contributed by atoms with van der Waals surface area (Å²) >= 11 is 1.64. The molecule has 0 aliphatic heterocycles. The van der Waals surface area contributed by atoms with Crippen molar-refractivity contribution in [2.45, 2.75) is 6.54 Å². The third-order valence-corrected chi connectivity index (χ3v) is 3.25. The van der Waals surface area contributed by atoms with Crippen LogP contribution in [0.5, 0.6) is 0 Å². The maximum Gasteiger partial charge on any atom is 0.267 e. The summed E-state index contributed by atoms with van der Waals surface area (Å²) in [7, 11) is 1.88. The first-order valence-corrected chi connectivity index (χ1v) is 6.30. The van der Waals surface area contributed by atoms with Crippen LogP contribution in [0.15, 0.2) is 29.0 Å². The normalized spacial score (nSPS) is 10.3. The molecule has 0 spiro atoms. The number of carbonyl (C=O) groups excluding carboxylic acids is 1. The quantitative estimate of drug-likeness (QED) is 0.873. The molecule has 1 amide bonds. The number of pyridine rings is 1. The van der Waals surface area contributed by atoms with Crippen molar-refractivity contribution >= 4 is 28.7 Å². The highest BCUT2D eigenvalue weighted by molar-refractivity contribution is 7.07. The minimum absolute atomic E-state index is 0.219. The Morgan fingerprint density at radius 1 is 1.44 bits per heavy atom. The lowest BCUT2D eigenvalue weighted by Gasteiger charge is -2.19. The first-order chi connectivity index (χ1) is 8.58. The number of nitrogens with two attached hydrogens (primary N) is 2. The maximum atomic E-state index is 11.1. The van der Waals surface area contributed by atoms with Gasteiger partial charge in [-0.1, -0.05) is 0 Å². The van der Waals surface area contributed by atoms with E-state index in [4.69, 9.17) is 11.5 Å². The number of aromatic nitrogens is 1. The van der Waals surface area contributed by atoms with Crippen molar-refractivity contribution in [1.82, 2.24) is 4.98 Å². The minimum Gasteiger partial charge on any atom is -0.396 e. The molecule has 0 saturated carbocycles. The van der Waals surface area contributed by atoms with E-state index in [1.807, 2.05) is 23.4 Å². The van der Waals surface area contributed by atoms with Gasteiger partial charge in [0.05, 0.1) is 5.69 Å². The van der Waals surface area contributed by atoms with E-state index < -0.39 is 5.91 Å². The molecule has 0 bridgehead atoms. The lowest BCUT2D eigenvalue weighted by atomic mass is 10.2. The van der Waals surface area contributed by atoms with Gasteiger partial charge in [0, 0.05) is 13.6 Å². The lowest BCUT2D eigenvalue weighted by molar-refractivity contribution is 0.0995. The van der Waals surface area contributed by atoms with Crippen LogP contribution >= 0.6 is 11.3 Å². The number of hydrogen-bond acceptors (Lipinski definition) is 5. The number of carbonyl (C=O) groups is 1. The number of thiophene rings is 1. The van der Waals surface area contributed by atoms with Crippen LogP contribution in [0.25, 0.3) is 0 Å². The van der Waals surface area contributed by atoms with Crippen LogP contribution in [0.2, 0.25) is 0 Å². The molecule has 0 fully saturated rings. The molecule has 0 aromatic carbocycles. The van der Waals surface area contributed by atoms with E-state index in [0.29, 0.717) is 18.1 Å². The number of amides is 1. The summed E-state index contributed by atoms with van der Waals surface area (Å²) in [6.45, 7) is 0.683. The molecule has 2 aromatic rings. The molecule has 2 heterocycles. The zero-order chi connectivity index (χ0) is 13.1. The summed E-state index contributed by atoms with van der Waals surface area (Å²) in [5.74, 6) is 0.0117. The maximum absolute atomic E-state index is 11.1. The van der Waals surface area contributed by atoms with Crippen molar-refractivity contribution in [3.63, 3.8) is 0 Å². The Labute approximate surface area is 109 Å². The van der Waals surface area contributed by atoms with Gasteiger partial charge in [-0.15, -0.1) is 0 Å². The second-order valence-electron chi connectivity index (χ2n) is 3.96. The van der Waals surface area contributed by atoms with Gasteiger partial charge in [-0.05, 0) is 34.5 Å². The minimum atomic E-state index is -0.555. The third kappa shape index (κ3) is 2.60. The fourth-order valence-electron chi connectivity index (χ4n) is 1.63. The molecular formula is C12H14N4OS. The summed E-state index contributed by atoms with van der Waals surface area (Å²) in [6, 6.07) is 5.21. The Hall–Kier alpha value is -2.08. The Balaban J connectivity index is 2.26. The van der Waals surface area contributed by atoms with Crippen molar-refractivity contribution in [3.05, 3.63) is 40.2 Å². The topological polar surface area (TPSA) is 85.2 Å². The van der Waals surface area contributed by atoms with Crippen molar-refractivity contribution < 1.29 is 4.79 Å². The van der Waals surface area contributed by atoms with Crippen LogP contribution in [-0.4, -0.2) is 17.9 Å². The summed E-state index contributed by atoms with van der Waals surface area (Å²) in [6.07, 6.45) is 0. The average molecular weight is 262 g/mol. The SMILES string of the molecule is CN(Cc1ccsc1)c1nc(C(N)=O)ccc1N. The number of primary amides is 1. The monoisotopic (exact) mass is 262 g/mol. The van der Waals surface area contributed by atoms with E-state index in [1.165, 1.54) is 11.6 Å². The summed E-state index contributed by atoms with van der Waals surface area (Å²) < 4.78 is 0. The van der Waals surface area contributed by atoms with E-state index in [1.54, 1.807) is 17.4 Å². The second kappa shape index (κ2) is 5.05. The number of nitrogen functional groups attached to an aromatic ring is 1.